The van der Waals surface area contributed by atoms with E-state index in [0.29, 0.717) is 16.5 Å². The van der Waals surface area contributed by atoms with Crippen LogP contribution in [0.15, 0.2) is 30.5 Å². The van der Waals surface area contributed by atoms with E-state index in [4.69, 9.17) is 5.26 Å². The van der Waals surface area contributed by atoms with Crippen LogP contribution in [0.2, 0.25) is 0 Å². The van der Waals surface area contributed by atoms with Gasteiger partial charge in [0.15, 0.2) is 0 Å². The van der Waals surface area contributed by atoms with Crippen molar-refractivity contribution in [2.75, 3.05) is 13.1 Å². The van der Waals surface area contributed by atoms with Crippen molar-refractivity contribution in [2.45, 2.75) is 25.3 Å². The highest BCUT2D eigenvalue weighted by Gasteiger charge is 2.47. The van der Waals surface area contributed by atoms with Crippen LogP contribution in [0.25, 0.3) is 10.9 Å². The van der Waals surface area contributed by atoms with Crippen molar-refractivity contribution < 1.29 is 18.4 Å². The Kier molecular flexibility index (Phi) is 4.55. The number of amides is 2. The molecular formula is C18H16F2N4O2. The number of hydrogen-bond donors (Lipinski definition) is 1. The minimum absolute atomic E-state index is 0.339. The summed E-state index contributed by atoms with van der Waals surface area (Å²) in [6.45, 7) is 0.643. The summed E-state index contributed by atoms with van der Waals surface area (Å²) in [7, 11) is 0. The molecule has 1 fully saturated rings. The summed E-state index contributed by atoms with van der Waals surface area (Å²) in [5, 5.41) is 12.0. The van der Waals surface area contributed by atoms with Gasteiger partial charge in [-0.1, -0.05) is 12.1 Å². The van der Waals surface area contributed by atoms with Crippen molar-refractivity contribution >= 4 is 22.7 Å². The second kappa shape index (κ2) is 6.67. The molecule has 0 aliphatic carbocycles. The largest absolute Gasteiger partial charge is 0.343 e. The van der Waals surface area contributed by atoms with Gasteiger partial charge in [0.2, 0.25) is 5.91 Å². The van der Waals surface area contributed by atoms with Gasteiger partial charge in [0.05, 0.1) is 30.2 Å². The van der Waals surface area contributed by atoms with Gasteiger partial charge >= 0.3 is 0 Å². The van der Waals surface area contributed by atoms with Crippen molar-refractivity contribution in [3.05, 3.63) is 41.6 Å². The third kappa shape index (κ3) is 3.47. The van der Waals surface area contributed by atoms with Gasteiger partial charge in [-0.25, -0.2) is 8.78 Å². The van der Waals surface area contributed by atoms with E-state index in [1.807, 2.05) is 19.1 Å². The van der Waals surface area contributed by atoms with Crippen LogP contribution in [0, 0.1) is 18.3 Å². The van der Waals surface area contributed by atoms with Crippen molar-refractivity contribution in [1.82, 2.24) is 15.2 Å². The van der Waals surface area contributed by atoms with Gasteiger partial charge in [0.25, 0.3) is 11.8 Å². The Morgan fingerprint density at radius 3 is 2.92 bits per heavy atom. The standard InChI is InChI=1S/C18H16F2N4O2/c1-11-2-3-13-14(4-5-22-15(13)6-11)17(26)23-9-16(25)24-10-18(19,20)7-12(24)8-21/h2-6,12H,7,9-10H2,1H3,(H,23,26). The fourth-order valence-corrected chi connectivity index (χ4v) is 3.00. The number of nitrogens with zero attached hydrogens (tertiary/aromatic N) is 3. The van der Waals surface area contributed by atoms with Gasteiger partial charge in [-0.05, 0) is 24.6 Å². The van der Waals surface area contributed by atoms with E-state index in [9.17, 15) is 18.4 Å². The number of likely N-dealkylation sites (tertiary alicyclic amines) is 1. The number of aryl methyl sites for hydroxylation is 1. The number of rotatable bonds is 3. The third-order valence-electron chi connectivity index (χ3n) is 4.28. The lowest BCUT2D eigenvalue weighted by Crippen LogP contribution is -2.43. The van der Waals surface area contributed by atoms with Crippen LogP contribution in [-0.4, -0.2) is 46.8 Å². The van der Waals surface area contributed by atoms with Crippen LogP contribution in [0.1, 0.15) is 22.3 Å². The van der Waals surface area contributed by atoms with Gasteiger partial charge < -0.3 is 10.2 Å². The molecule has 2 aromatic rings. The van der Waals surface area contributed by atoms with E-state index in [0.717, 1.165) is 10.5 Å². The molecule has 1 N–H and O–H groups in total. The monoisotopic (exact) mass is 358 g/mol. The molecule has 1 aromatic carbocycles. The Balaban J connectivity index is 1.72. The number of halogens is 2. The van der Waals surface area contributed by atoms with Gasteiger partial charge in [-0.3, -0.25) is 14.6 Å². The van der Waals surface area contributed by atoms with Gasteiger partial charge in [0.1, 0.15) is 6.04 Å². The first-order chi connectivity index (χ1) is 12.3. The summed E-state index contributed by atoms with van der Waals surface area (Å²) in [4.78, 5) is 29.6. The SMILES string of the molecule is Cc1ccc2c(C(=O)NCC(=O)N3CC(F)(F)CC3C#N)ccnc2c1. The van der Waals surface area contributed by atoms with Crippen LogP contribution in [0.5, 0.6) is 0 Å². The van der Waals surface area contributed by atoms with E-state index >= 15 is 0 Å². The number of aromatic nitrogens is 1. The number of carbonyl (C=O) groups is 2. The molecule has 1 aromatic heterocycles. The molecule has 26 heavy (non-hydrogen) atoms. The number of hydrogen-bond acceptors (Lipinski definition) is 4. The Morgan fingerprint density at radius 1 is 1.42 bits per heavy atom. The Hall–Kier alpha value is -3.08. The maximum Gasteiger partial charge on any atom is 0.268 e. The average Bonchev–Trinajstić information content (AvgIpc) is 2.93. The molecule has 1 aliphatic heterocycles. The second-order valence-electron chi connectivity index (χ2n) is 6.29. The number of pyridine rings is 1. The second-order valence-corrected chi connectivity index (χ2v) is 6.29. The molecule has 6 nitrogen and oxygen atoms in total. The normalized spacial score (nSPS) is 18.5. The molecule has 3 rings (SSSR count). The minimum Gasteiger partial charge on any atom is -0.343 e. The molecule has 1 aliphatic rings. The number of nitriles is 1. The number of nitrogens with one attached hydrogen (secondary N) is 1. The molecule has 0 spiro atoms. The molecule has 0 saturated carbocycles. The van der Waals surface area contributed by atoms with Crippen molar-refractivity contribution in [3.8, 4) is 6.07 Å². The van der Waals surface area contributed by atoms with Crippen LogP contribution in [0.4, 0.5) is 8.78 Å². The summed E-state index contributed by atoms with van der Waals surface area (Å²) in [6.07, 6.45) is 0.808. The molecule has 2 heterocycles. The molecule has 1 unspecified atom stereocenters. The zero-order valence-electron chi connectivity index (χ0n) is 14.0. The van der Waals surface area contributed by atoms with Gasteiger partial charge in [0, 0.05) is 18.0 Å². The van der Waals surface area contributed by atoms with Crippen LogP contribution in [0.3, 0.4) is 0 Å². The van der Waals surface area contributed by atoms with E-state index in [1.165, 1.54) is 12.3 Å². The third-order valence-corrected chi connectivity index (χ3v) is 4.28. The highest BCUT2D eigenvalue weighted by atomic mass is 19.3. The maximum absolute atomic E-state index is 13.4. The van der Waals surface area contributed by atoms with E-state index in [-0.39, 0.29) is 0 Å². The van der Waals surface area contributed by atoms with Gasteiger partial charge in [-0.15, -0.1) is 0 Å². The fraction of sp³-hybridized carbons (Fsp3) is 0.333. The summed E-state index contributed by atoms with van der Waals surface area (Å²) in [5.74, 6) is -4.30. The summed E-state index contributed by atoms with van der Waals surface area (Å²) in [6, 6.07) is 7.49. The molecule has 0 bridgehead atoms. The molecule has 1 atom stereocenters. The summed E-state index contributed by atoms with van der Waals surface area (Å²) < 4.78 is 26.8. The topological polar surface area (TPSA) is 86.1 Å². The molecule has 2 amide bonds. The minimum atomic E-state index is -3.08. The van der Waals surface area contributed by atoms with Crippen LogP contribution in [-0.2, 0) is 4.79 Å². The first kappa shape index (κ1) is 17.7. The van der Waals surface area contributed by atoms with Crippen LogP contribution >= 0.6 is 0 Å². The van der Waals surface area contributed by atoms with Crippen molar-refractivity contribution in [3.63, 3.8) is 0 Å². The lowest BCUT2D eigenvalue weighted by Gasteiger charge is -2.19. The lowest BCUT2D eigenvalue weighted by atomic mass is 10.1. The quantitative estimate of drug-likeness (QED) is 0.910. The van der Waals surface area contributed by atoms with Crippen molar-refractivity contribution in [1.29, 1.82) is 5.26 Å². The lowest BCUT2D eigenvalue weighted by molar-refractivity contribution is -0.131. The average molecular weight is 358 g/mol. The fourth-order valence-electron chi connectivity index (χ4n) is 3.00. The molecule has 134 valence electrons. The first-order valence-corrected chi connectivity index (χ1v) is 8.01. The number of carbonyl (C=O) groups excluding carboxylic acids is 2. The Labute approximate surface area is 148 Å². The van der Waals surface area contributed by atoms with Crippen molar-refractivity contribution in [2.24, 2.45) is 0 Å². The Bertz CT molecular complexity index is 923. The number of alkyl halides is 2. The number of benzene rings is 1. The smallest absolute Gasteiger partial charge is 0.268 e. The predicted octanol–water partition coefficient (Wildman–Crippen LogP) is 2.03. The highest BCUT2D eigenvalue weighted by Crippen LogP contribution is 2.31. The van der Waals surface area contributed by atoms with E-state index in [2.05, 4.69) is 10.3 Å². The van der Waals surface area contributed by atoms with E-state index < -0.39 is 43.3 Å². The Morgan fingerprint density at radius 2 is 2.19 bits per heavy atom. The highest BCUT2D eigenvalue weighted by molar-refractivity contribution is 6.06. The molecule has 0 radical (unpaired) electrons. The zero-order valence-corrected chi connectivity index (χ0v) is 14.0. The summed E-state index contributed by atoms with van der Waals surface area (Å²) in [5.41, 5.74) is 1.98. The molecule has 1 saturated heterocycles. The zero-order chi connectivity index (χ0) is 18.9. The molecule has 8 heteroatoms. The van der Waals surface area contributed by atoms with Gasteiger partial charge in [-0.2, -0.15) is 5.26 Å². The predicted molar refractivity (Wildman–Crippen MR) is 89.5 cm³/mol. The van der Waals surface area contributed by atoms with E-state index in [1.54, 1.807) is 12.1 Å². The van der Waals surface area contributed by atoms with Crippen LogP contribution < -0.4 is 5.32 Å². The number of fused-ring (bicyclic) bond motifs is 1. The summed E-state index contributed by atoms with van der Waals surface area (Å²) >= 11 is 0. The molecular weight excluding hydrogens is 342 g/mol. The maximum atomic E-state index is 13.4. The first-order valence-electron chi connectivity index (χ1n) is 8.01.